The van der Waals surface area contributed by atoms with Crippen molar-refractivity contribution in [1.82, 2.24) is 0 Å². The zero-order valence-corrected chi connectivity index (χ0v) is 58.1. The first-order valence-corrected chi connectivity index (χ1v) is 38.5. The molecule has 5 atom stereocenters. The van der Waals surface area contributed by atoms with Crippen LogP contribution < -0.4 is 0 Å². The number of esters is 4. The molecule has 0 fully saturated rings. The maximum absolute atomic E-state index is 13.0. The van der Waals surface area contributed by atoms with Crippen LogP contribution in [0.15, 0.2) is 0 Å². The van der Waals surface area contributed by atoms with E-state index in [2.05, 4.69) is 41.5 Å². The van der Waals surface area contributed by atoms with Crippen LogP contribution in [-0.4, -0.2) is 96.7 Å². The average molecular weight is 1280 g/mol. The van der Waals surface area contributed by atoms with Gasteiger partial charge >= 0.3 is 39.5 Å². The molecule has 19 heteroatoms. The van der Waals surface area contributed by atoms with Gasteiger partial charge < -0.3 is 33.8 Å². The summed E-state index contributed by atoms with van der Waals surface area (Å²) in [6, 6.07) is 0. The largest absolute Gasteiger partial charge is 0.472 e. The molecule has 0 saturated heterocycles. The Morgan fingerprint density at radius 2 is 0.529 bits per heavy atom. The predicted octanol–water partition coefficient (Wildman–Crippen LogP) is 19.2. The van der Waals surface area contributed by atoms with Gasteiger partial charge in [-0.25, -0.2) is 9.13 Å². The van der Waals surface area contributed by atoms with Crippen LogP contribution in [0.5, 0.6) is 0 Å². The van der Waals surface area contributed by atoms with Crippen molar-refractivity contribution in [2.45, 2.75) is 362 Å². The molecule has 0 aliphatic carbocycles. The Hall–Kier alpha value is -1.94. The molecule has 17 nitrogen and oxygen atoms in total. The summed E-state index contributed by atoms with van der Waals surface area (Å²) in [6.45, 7) is 9.41. The Balaban J connectivity index is 5.24. The molecule has 87 heavy (non-hydrogen) atoms. The lowest BCUT2D eigenvalue weighted by atomic mass is 10.0. The number of carbonyl (C=O) groups is 4. The van der Waals surface area contributed by atoms with E-state index in [1.54, 1.807) is 0 Å². The molecule has 516 valence electrons. The second-order valence-corrected chi connectivity index (χ2v) is 28.4. The Morgan fingerprint density at radius 1 is 0.310 bits per heavy atom. The van der Waals surface area contributed by atoms with Crippen LogP contribution in [0.2, 0.25) is 0 Å². The molecule has 2 unspecified atom stereocenters. The lowest BCUT2D eigenvalue weighted by molar-refractivity contribution is -0.161. The molecular formula is C68H132O17P2. The highest BCUT2D eigenvalue weighted by molar-refractivity contribution is 7.47. The Labute approximate surface area is 530 Å². The summed E-state index contributed by atoms with van der Waals surface area (Å²) in [5.74, 6) is -0.728. The van der Waals surface area contributed by atoms with Gasteiger partial charge in [0, 0.05) is 25.7 Å². The van der Waals surface area contributed by atoms with Crippen molar-refractivity contribution in [2.24, 2.45) is 11.8 Å². The molecule has 0 rings (SSSR count). The molecule has 0 radical (unpaired) electrons. The van der Waals surface area contributed by atoms with Crippen molar-refractivity contribution in [3.8, 4) is 0 Å². The van der Waals surface area contributed by atoms with Crippen LogP contribution in [0.4, 0.5) is 0 Å². The summed E-state index contributed by atoms with van der Waals surface area (Å²) < 4.78 is 68.2. The summed E-state index contributed by atoms with van der Waals surface area (Å²) in [6.07, 6.45) is 44.5. The number of hydrogen-bond donors (Lipinski definition) is 3. The van der Waals surface area contributed by atoms with Crippen molar-refractivity contribution < 1.29 is 80.2 Å². The molecule has 3 N–H and O–H groups in total. The van der Waals surface area contributed by atoms with Gasteiger partial charge in [0.15, 0.2) is 12.2 Å². The van der Waals surface area contributed by atoms with Crippen molar-refractivity contribution in [3.05, 3.63) is 0 Å². The number of unbranched alkanes of at least 4 members (excludes halogenated alkanes) is 37. The first kappa shape index (κ1) is 85.1. The molecule has 0 aromatic heterocycles. The van der Waals surface area contributed by atoms with E-state index in [0.717, 1.165) is 96.3 Å². The molecule has 0 bridgehead atoms. The van der Waals surface area contributed by atoms with Crippen LogP contribution in [0.3, 0.4) is 0 Å². The fourth-order valence-corrected chi connectivity index (χ4v) is 11.8. The van der Waals surface area contributed by atoms with Crippen LogP contribution in [0.1, 0.15) is 343 Å². The maximum Gasteiger partial charge on any atom is 0.472 e. The van der Waals surface area contributed by atoms with Gasteiger partial charge in [-0.05, 0) is 37.5 Å². The van der Waals surface area contributed by atoms with Gasteiger partial charge in [-0.2, -0.15) is 0 Å². The third-order valence-electron chi connectivity index (χ3n) is 15.7. The third kappa shape index (κ3) is 62.6. The van der Waals surface area contributed by atoms with E-state index in [-0.39, 0.29) is 25.7 Å². The van der Waals surface area contributed by atoms with E-state index in [0.29, 0.717) is 37.5 Å². The summed E-state index contributed by atoms with van der Waals surface area (Å²) in [5, 5.41) is 10.6. The first-order chi connectivity index (χ1) is 41.9. The Bertz CT molecular complexity index is 1700. The van der Waals surface area contributed by atoms with Gasteiger partial charge in [-0.3, -0.25) is 37.3 Å². The van der Waals surface area contributed by atoms with E-state index >= 15 is 0 Å². The lowest BCUT2D eigenvalue weighted by Crippen LogP contribution is -2.30. The fourth-order valence-electron chi connectivity index (χ4n) is 10.2. The minimum atomic E-state index is -4.95. The normalized spacial score (nSPS) is 14.2. The Kier molecular flexibility index (Phi) is 59.0. The molecule has 0 saturated carbocycles. The number of aliphatic hydroxyl groups is 1. The minimum absolute atomic E-state index is 0.103. The van der Waals surface area contributed by atoms with E-state index in [9.17, 15) is 43.2 Å². The molecule has 0 aliphatic heterocycles. The van der Waals surface area contributed by atoms with E-state index in [1.165, 1.54) is 154 Å². The van der Waals surface area contributed by atoms with Gasteiger partial charge in [-0.15, -0.1) is 0 Å². The zero-order valence-electron chi connectivity index (χ0n) is 56.3. The first-order valence-electron chi connectivity index (χ1n) is 35.5. The van der Waals surface area contributed by atoms with Gasteiger partial charge in [0.2, 0.25) is 0 Å². The van der Waals surface area contributed by atoms with Crippen molar-refractivity contribution in [2.75, 3.05) is 39.6 Å². The van der Waals surface area contributed by atoms with Crippen LogP contribution in [-0.2, 0) is 65.4 Å². The zero-order chi connectivity index (χ0) is 64.3. The van der Waals surface area contributed by atoms with E-state index in [1.807, 2.05) is 0 Å². The van der Waals surface area contributed by atoms with Gasteiger partial charge in [0.25, 0.3) is 0 Å². The molecular weight excluding hydrogens is 1150 g/mol. The molecule has 0 heterocycles. The van der Waals surface area contributed by atoms with Gasteiger partial charge in [0.1, 0.15) is 19.3 Å². The Morgan fingerprint density at radius 3 is 0.782 bits per heavy atom. The summed E-state index contributed by atoms with van der Waals surface area (Å²) in [7, 11) is -9.89. The number of phosphoric acid groups is 2. The summed E-state index contributed by atoms with van der Waals surface area (Å²) in [4.78, 5) is 72.4. The smallest absolute Gasteiger partial charge is 0.462 e. The monoisotopic (exact) mass is 1280 g/mol. The second kappa shape index (κ2) is 60.3. The molecule has 0 spiro atoms. The highest BCUT2D eigenvalue weighted by Gasteiger charge is 2.30. The summed E-state index contributed by atoms with van der Waals surface area (Å²) >= 11 is 0. The highest BCUT2D eigenvalue weighted by atomic mass is 31.2. The molecule has 0 aromatic rings. The number of carbonyl (C=O) groups excluding carboxylic acids is 4. The van der Waals surface area contributed by atoms with Crippen molar-refractivity contribution >= 4 is 39.5 Å². The van der Waals surface area contributed by atoms with Crippen LogP contribution >= 0.6 is 15.6 Å². The van der Waals surface area contributed by atoms with Gasteiger partial charge in [-0.1, -0.05) is 292 Å². The minimum Gasteiger partial charge on any atom is -0.462 e. The fraction of sp³-hybridized carbons (Fsp3) is 0.941. The van der Waals surface area contributed by atoms with Gasteiger partial charge in [0.05, 0.1) is 26.4 Å². The second-order valence-electron chi connectivity index (χ2n) is 25.5. The quantitative estimate of drug-likeness (QED) is 0.0222. The standard InChI is InChI=1S/C68H132O17P2/c1-7-9-11-13-15-17-19-21-22-23-25-27-33-40-46-52-67(72)84-63(56-78-65(70)50-44-38-32-26-24-20-18-16-14-12-10-8-2)58-82-86(74,75)80-54-62(69)55-81-87(76,77)83-59-64(85-68(73)53-47-41-35-29-31-37-43-49-61(5)6)57-79-66(71)51-45-39-34-28-30-36-42-48-60(3)4/h60-64,69H,7-59H2,1-6H3,(H,74,75)(H,76,77)/t62-,63-,64-/m1/s1. The number of phosphoric ester groups is 2. The number of rotatable bonds is 67. The van der Waals surface area contributed by atoms with E-state index < -0.39 is 97.5 Å². The SMILES string of the molecule is CCCCCCCCCCCCCCCCCC(=O)O[C@H](COC(=O)CCCCCCCCCCCCCC)COP(=O)(O)OC[C@@H](O)COP(=O)(O)OC[C@@H](COC(=O)CCCCCCCCCC(C)C)OC(=O)CCCCCCCCCC(C)C. The number of aliphatic hydroxyl groups excluding tert-OH is 1. The molecule has 0 amide bonds. The molecule has 0 aromatic carbocycles. The topological polar surface area (TPSA) is 237 Å². The van der Waals surface area contributed by atoms with Crippen LogP contribution in [0, 0.1) is 11.8 Å². The highest BCUT2D eigenvalue weighted by Crippen LogP contribution is 2.45. The predicted molar refractivity (Wildman–Crippen MR) is 349 cm³/mol. The molecule has 0 aliphatic rings. The average Bonchev–Trinajstić information content (AvgIpc) is 3.65. The maximum atomic E-state index is 13.0. The van der Waals surface area contributed by atoms with Crippen molar-refractivity contribution in [1.29, 1.82) is 0 Å². The lowest BCUT2D eigenvalue weighted by Gasteiger charge is -2.21. The van der Waals surface area contributed by atoms with E-state index in [4.69, 9.17) is 37.0 Å². The number of ether oxygens (including phenoxy) is 4. The van der Waals surface area contributed by atoms with Crippen LogP contribution in [0.25, 0.3) is 0 Å². The third-order valence-corrected chi connectivity index (χ3v) is 17.6. The number of hydrogen-bond acceptors (Lipinski definition) is 15. The van der Waals surface area contributed by atoms with Crippen molar-refractivity contribution in [3.63, 3.8) is 0 Å². The summed E-state index contributed by atoms with van der Waals surface area (Å²) in [5.41, 5.74) is 0.